The van der Waals surface area contributed by atoms with Crippen LogP contribution in [-0.2, 0) is 16.6 Å². The summed E-state index contributed by atoms with van der Waals surface area (Å²) in [6.45, 7) is 4.34. The summed E-state index contributed by atoms with van der Waals surface area (Å²) in [5, 5.41) is 16.6. The summed E-state index contributed by atoms with van der Waals surface area (Å²) < 4.78 is 15.2. The van der Waals surface area contributed by atoms with E-state index >= 15 is 4.39 Å². The minimum Gasteiger partial charge on any atom is -0.358 e. The van der Waals surface area contributed by atoms with Crippen molar-refractivity contribution in [2.75, 3.05) is 5.32 Å². The van der Waals surface area contributed by atoms with E-state index < -0.39 is 5.92 Å². The number of carbonyl (C=O) groups excluding carboxylic acids is 1. The molecule has 4 aliphatic rings. The molecule has 2 aromatic carbocycles. The normalized spacial score (nSPS) is 26.4. The average Bonchev–Trinajstić information content (AvgIpc) is 3.60. The summed E-state index contributed by atoms with van der Waals surface area (Å²) in [6, 6.07) is 14.2. The van der Waals surface area contributed by atoms with Crippen molar-refractivity contribution in [1.82, 2.24) is 5.32 Å². The van der Waals surface area contributed by atoms with Gasteiger partial charge in [-0.2, -0.15) is 5.26 Å². The van der Waals surface area contributed by atoms with Gasteiger partial charge in [0.2, 0.25) is 0 Å². The Kier molecular flexibility index (Phi) is 5.96. The van der Waals surface area contributed by atoms with Gasteiger partial charge in [0, 0.05) is 29.3 Å². The SMILES string of the molecule is C=C1Nc2ccc(-c3ccc(C[C@@H](C#N)CC(=O)[C@H]4N[C@@H]5CC[C@H]4C5)c(F)c3)cc2C12CCCCC2. The maximum atomic E-state index is 15.2. The molecule has 2 heterocycles. The molecular weight excluding hydrogens is 449 g/mol. The van der Waals surface area contributed by atoms with Crippen molar-refractivity contribution in [3.8, 4) is 17.2 Å². The van der Waals surface area contributed by atoms with E-state index in [0.29, 0.717) is 17.5 Å². The van der Waals surface area contributed by atoms with Crippen molar-refractivity contribution in [2.24, 2.45) is 11.8 Å². The number of fused-ring (bicyclic) bond motifs is 4. The zero-order valence-electron chi connectivity index (χ0n) is 20.8. The molecule has 3 fully saturated rings. The lowest BCUT2D eigenvalue weighted by Crippen LogP contribution is -2.42. The molecule has 0 radical (unpaired) electrons. The van der Waals surface area contributed by atoms with E-state index in [0.717, 1.165) is 54.6 Å². The molecule has 2 N–H and O–H groups in total. The van der Waals surface area contributed by atoms with E-state index in [-0.39, 0.29) is 35.9 Å². The number of nitrogens with one attached hydrogen (secondary N) is 2. The second kappa shape index (κ2) is 9.16. The fourth-order valence-electron chi connectivity index (χ4n) is 7.31. The van der Waals surface area contributed by atoms with Gasteiger partial charge in [-0.25, -0.2) is 4.39 Å². The molecule has 5 heteroatoms. The van der Waals surface area contributed by atoms with Gasteiger partial charge in [0.15, 0.2) is 5.78 Å². The first kappa shape index (κ1) is 23.4. The van der Waals surface area contributed by atoms with Crippen LogP contribution in [0.5, 0.6) is 0 Å². The molecule has 2 aliphatic carbocycles. The van der Waals surface area contributed by atoms with Crippen molar-refractivity contribution in [2.45, 2.75) is 81.7 Å². The second-order valence-electron chi connectivity index (χ2n) is 11.4. The van der Waals surface area contributed by atoms with Crippen LogP contribution in [0, 0.1) is 29.0 Å². The monoisotopic (exact) mass is 483 g/mol. The molecule has 186 valence electrons. The number of piperidine rings is 1. The van der Waals surface area contributed by atoms with Crippen molar-refractivity contribution < 1.29 is 9.18 Å². The quantitative estimate of drug-likeness (QED) is 0.498. The molecule has 6 rings (SSSR count). The van der Waals surface area contributed by atoms with Crippen LogP contribution in [0.1, 0.15) is 68.9 Å². The molecule has 0 aromatic heterocycles. The molecular formula is C31H34FN3O. The number of Topliss-reactive ketones (excluding diaryl/α,β-unsaturated/α-hetero) is 1. The molecule has 1 saturated heterocycles. The van der Waals surface area contributed by atoms with E-state index in [2.05, 4.69) is 35.4 Å². The largest absolute Gasteiger partial charge is 0.358 e. The first-order chi connectivity index (χ1) is 17.5. The number of nitrogens with zero attached hydrogens (tertiary/aromatic N) is 1. The topological polar surface area (TPSA) is 64.9 Å². The van der Waals surface area contributed by atoms with E-state index in [9.17, 15) is 10.1 Å². The molecule has 0 amide bonds. The summed E-state index contributed by atoms with van der Waals surface area (Å²) in [5.74, 6) is -0.309. The highest BCUT2D eigenvalue weighted by molar-refractivity contribution is 5.85. The Hall–Kier alpha value is -2.97. The predicted octanol–water partition coefficient (Wildman–Crippen LogP) is 6.42. The minimum absolute atomic E-state index is 0.0116. The van der Waals surface area contributed by atoms with Gasteiger partial charge in [-0.1, -0.05) is 44.0 Å². The molecule has 36 heavy (non-hydrogen) atoms. The number of benzene rings is 2. The van der Waals surface area contributed by atoms with Gasteiger partial charge < -0.3 is 10.6 Å². The number of anilines is 1. The lowest BCUT2D eigenvalue weighted by molar-refractivity contribution is -0.122. The third-order valence-corrected chi connectivity index (χ3v) is 9.30. The number of halogens is 1. The molecule has 2 aromatic rings. The first-order valence-electron chi connectivity index (χ1n) is 13.5. The van der Waals surface area contributed by atoms with Gasteiger partial charge >= 0.3 is 0 Å². The first-order valence-corrected chi connectivity index (χ1v) is 13.5. The van der Waals surface area contributed by atoms with Crippen LogP contribution in [0.3, 0.4) is 0 Å². The lowest BCUT2D eigenvalue weighted by Gasteiger charge is -2.34. The average molecular weight is 484 g/mol. The number of nitriles is 1. The Balaban J connectivity index is 1.18. The standard InChI is InChI=1S/C31H34FN3O/c1-19-31(11-3-2-4-12-31)26-16-21(8-10-28(26)34-19)22-5-6-23(27(32)17-22)13-20(18-33)14-29(36)30-24-7-9-25(15-24)35-30/h5-6,8,10,16-17,20,24-25,30,34-35H,1-4,7,9,11-15H2/t20-,24+,25-,30+/m1/s1. The van der Waals surface area contributed by atoms with Crippen molar-refractivity contribution >= 4 is 11.5 Å². The lowest BCUT2D eigenvalue weighted by atomic mass is 9.69. The van der Waals surface area contributed by atoms with Crippen LogP contribution in [0.25, 0.3) is 11.1 Å². The second-order valence-corrected chi connectivity index (χ2v) is 11.4. The van der Waals surface area contributed by atoms with Gasteiger partial charge in [0.05, 0.1) is 18.0 Å². The predicted molar refractivity (Wildman–Crippen MR) is 140 cm³/mol. The van der Waals surface area contributed by atoms with Crippen molar-refractivity contribution in [3.63, 3.8) is 0 Å². The summed E-state index contributed by atoms with van der Waals surface area (Å²) in [7, 11) is 0. The Morgan fingerprint density at radius 2 is 1.92 bits per heavy atom. The van der Waals surface area contributed by atoms with Crippen molar-refractivity contribution in [3.05, 3.63) is 65.6 Å². The smallest absolute Gasteiger partial charge is 0.151 e. The highest BCUT2D eigenvalue weighted by Gasteiger charge is 2.44. The van der Waals surface area contributed by atoms with Gasteiger partial charge in [-0.3, -0.25) is 4.79 Å². The van der Waals surface area contributed by atoms with Gasteiger partial charge in [-0.15, -0.1) is 0 Å². The van der Waals surface area contributed by atoms with Gasteiger partial charge in [0.25, 0.3) is 0 Å². The Labute approximate surface area is 213 Å². The van der Waals surface area contributed by atoms with E-state index in [1.165, 1.54) is 24.8 Å². The zero-order chi connectivity index (χ0) is 24.9. The molecule has 4 atom stereocenters. The molecule has 2 bridgehead atoms. The molecule has 2 saturated carbocycles. The molecule has 0 unspecified atom stereocenters. The fourth-order valence-corrected chi connectivity index (χ4v) is 7.31. The maximum Gasteiger partial charge on any atom is 0.151 e. The van der Waals surface area contributed by atoms with E-state index in [1.807, 2.05) is 12.1 Å². The van der Waals surface area contributed by atoms with E-state index in [4.69, 9.17) is 0 Å². The van der Waals surface area contributed by atoms with Crippen LogP contribution < -0.4 is 10.6 Å². The van der Waals surface area contributed by atoms with Gasteiger partial charge in [-0.05, 0) is 84.9 Å². The van der Waals surface area contributed by atoms with Crippen LogP contribution in [0.2, 0.25) is 0 Å². The van der Waals surface area contributed by atoms with Crippen molar-refractivity contribution in [1.29, 1.82) is 5.26 Å². The van der Waals surface area contributed by atoms with Crippen LogP contribution in [0.15, 0.2) is 48.7 Å². The third kappa shape index (κ3) is 3.96. The summed E-state index contributed by atoms with van der Waals surface area (Å²) >= 11 is 0. The van der Waals surface area contributed by atoms with Crippen LogP contribution >= 0.6 is 0 Å². The molecule has 4 nitrogen and oxygen atoms in total. The minimum atomic E-state index is -0.512. The van der Waals surface area contributed by atoms with Crippen LogP contribution in [0.4, 0.5) is 10.1 Å². The number of hydrogen-bond donors (Lipinski definition) is 2. The number of carbonyl (C=O) groups is 1. The number of ketones is 1. The van der Waals surface area contributed by atoms with Crippen LogP contribution in [-0.4, -0.2) is 17.9 Å². The Bertz CT molecular complexity index is 1250. The number of allylic oxidation sites excluding steroid dienone is 1. The third-order valence-electron chi connectivity index (χ3n) is 9.30. The maximum absolute atomic E-state index is 15.2. The van der Waals surface area contributed by atoms with E-state index in [1.54, 1.807) is 12.1 Å². The Morgan fingerprint density at radius 3 is 2.61 bits per heavy atom. The molecule has 2 aliphatic heterocycles. The summed E-state index contributed by atoms with van der Waals surface area (Å²) in [5.41, 5.74) is 5.81. The molecule has 1 spiro atoms. The number of rotatable bonds is 6. The number of hydrogen-bond acceptors (Lipinski definition) is 4. The Morgan fingerprint density at radius 1 is 1.14 bits per heavy atom. The summed E-state index contributed by atoms with van der Waals surface area (Å²) in [6.07, 6.45) is 9.63. The van der Waals surface area contributed by atoms with Gasteiger partial charge in [0.1, 0.15) is 5.82 Å². The fraction of sp³-hybridized carbons (Fsp3) is 0.484. The summed E-state index contributed by atoms with van der Waals surface area (Å²) in [4.78, 5) is 12.8. The highest BCUT2D eigenvalue weighted by atomic mass is 19.1. The highest BCUT2D eigenvalue weighted by Crippen LogP contribution is 2.52. The zero-order valence-corrected chi connectivity index (χ0v) is 20.8.